The highest BCUT2D eigenvalue weighted by Gasteiger charge is 2.25. The molecule has 2 atom stereocenters. The van der Waals surface area contributed by atoms with E-state index < -0.39 is 0 Å². The van der Waals surface area contributed by atoms with E-state index in [1.165, 1.54) is 17.3 Å². The maximum Gasteiger partial charge on any atom is 0.0185 e. The second kappa shape index (κ2) is 3.19. The zero-order valence-corrected chi connectivity index (χ0v) is 8.26. The molecule has 0 aliphatic carbocycles. The molecule has 1 fully saturated rings. The first-order valence-corrected chi connectivity index (χ1v) is 5.06. The third-order valence-electron chi connectivity index (χ3n) is 2.37. The molecule has 1 aliphatic heterocycles. The number of nitrogens with zero attached hydrogens (tertiary/aromatic N) is 1. The second-order valence-electron chi connectivity index (χ2n) is 2.90. The Balaban J connectivity index is 2.41. The summed E-state index contributed by atoms with van der Waals surface area (Å²) in [5.74, 6) is 0. The maximum absolute atomic E-state index is 2.49. The Hall–Kier alpha value is 0.690. The van der Waals surface area contributed by atoms with Gasteiger partial charge in [0.1, 0.15) is 0 Å². The summed E-state index contributed by atoms with van der Waals surface area (Å²) < 4.78 is 1.29. The molecule has 1 unspecified atom stereocenters. The molecule has 0 aromatic carbocycles. The minimum atomic E-state index is 0.824. The van der Waals surface area contributed by atoms with Crippen LogP contribution in [0, 0.1) is 0 Å². The smallest absolute Gasteiger partial charge is 0.0185 e. The first-order chi connectivity index (χ1) is 4.25. The molecule has 1 rings (SSSR count). The van der Waals surface area contributed by atoms with Crippen molar-refractivity contribution in [3.8, 4) is 0 Å². The number of hydrogen-bond acceptors (Lipinski definition) is 1. The molecule has 0 radical (unpaired) electrons. The van der Waals surface area contributed by atoms with Crippen molar-refractivity contribution in [1.29, 1.82) is 0 Å². The van der Waals surface area contributed by atoms with E-state index in [1.54, 1.807) is 0 Å². The summed E-state index contributed by atoms with van der Waals surface area (Å²) in [6.45, 7) is 2.31. The highest BCUT2D eigenvalue weighted by atomic mass is 127. The summed E-state index contributed by atoms with van der Waals surface area (Å²) in [5.41, 5.74) is 0. The minimum absolute atomic E-state index is 0.824. The monoisotopic (exact) mass is 239 g/mol. The Morgan fingerprint density at radius 2 is 2.22 bits per heavy atom. The predicted molar refractivity (Wildman–Crippen MR) is 49.1 cm³/mol. The van der Waals surface area contributed by atoms with Gasteiger partial charge in [-0.3, -0.25) is 4.90 Å². The van der Waals surface area contributed by atoms with E-state index in [9.17, 15) is 0 Å². The number of likely N-dealkylation sites (tertiary alicyclic amines) is 1. The molecule has 0 N–H and O–H groups in total. The van der Waals surface area contributed by atoms with Gasteiger partial charge < -0.3 is 0 Å². The summed E-state index contributed by atoms with van der Waals surface area (Å²) in [5, 5.41) is 0. The summed E-state index contributed by atoms with van der Waals surface area (Å²) in [6, 6.07) is 1.69. The van der Waals surface area contributed by atoms with Gasteiger partial charge in [-0.2, -0.15) is 0 Å². The Morgan fingerprint density at radius 3 is 2.44 bits per heavy atom. The minimum Gasteiger partial charge on any atom is -0.300 e. The molecule has 9 heavy (non-hydrogen) atoms. The normalized spacial score (nSPS) is 37.7. The van der Waals surface area contributed by atoms with Crippen molar-refractivity contribution in [2.75, 3.05) is 11.5 Å². The maximum atomic E-state index is 2.49. The Morgan fingerprint density at radius 1 is 1.56 bits per heavy atom. The van der Waals surface area contributed by atoms with Crippen molar-refractivity contribution < 1.29 is 0 Å². The SMILES string of the molecule is CC1CC[C@H](CI)N1C. The molecule has 0 bridgehead atoms. The zero-order chi connectivity index (χ0) is 6.85. The van der Waals surface area contributed by atoms with Gasteiger partial charge in [-0.1, -0.05) is 22.6 Å². The van der Waals surface area contributed by atoms with Crippen LogP contribution in [0.5, 0.6) is 0 Å². The molecule has 0 spiro atoms. The van der Waals surface area contributed by atoms with Crippen molar-refractivity contribution in [2.24, 2.45) is 0 Å². The molecule has 54 valence electrons. The Labute approximate surface area is 70.9 Å². The summed E-state index contributed by atoms with van der Waals surface area (Å²) in [6.07, 6.45) is 2.80. The van der Waals surface area contributed by atoms with Crippen LogP contribution in [0.15, 0.2) is 0 Å². The first-order valence-electron chi connectivity index (χ1n) is 3.53. The topological polar surface area (TPSA) is 3.24 Å². The van der Waals surface area contributed by atoms with Crippen LogP contribution < -0.4 is 0 Å². The van der Waals surface area contributed by atoms with E-state index in [0.717, 1.165) is 12.1 Å². The van der Waals surface area contributed by atoms with Crippen LogP contribution in [0.3, 0.4) is 0 Å². The van der Waals surface area contributed by atoms with Crippen LogP contribution in [0.1, 0.15) is 19.8 Å². The Bertz CT molecular complexity index is 94.9. The van der Waals surface area contributed by atoms with E-state index >= 15 is 0 Å². The molecule has 1 heterocycles. The molecule has 1 aliphatic rings. The molecule has 0 saturated carbocycles. The average molecular weight is 239 g/mol. The van der Waals surface area contributed by atoms with Crippen LogP contribution in [0.2, 0.25) is 0 Å². The van der Waals surface area contributed by atoms with Gasteiger partial charge in [-0.15, -0.1) is 0 Å². The van der Waals surface area contributed by atoms with E-state index in [4.69, 9.17) is 0 Å². The first kappa shape index (κ1) is 7.79. The van der Waals surface area contributed by atoms with E-state index in [1.807, 2.05) is 0 Å². The number of rotatable bonds is 1. The van der Waals surface area contributed by atoms with E-state index in [-0.39, 0.29) is 0 Å². The van der Waals surface area contributed by atoms with Crippen molar-refractivity contribution in [2.45, 2.75) is 31.8 Å². The fraction of sp³-hybridized carbons (Fsp3) is 1.00. The van der Waals surface area contributed by atoms with Gasteiger partial charge in [0.15, 0.2) is 0 Å². The lowest BCUT2D eigenvalue weighted by Gasteiger charge is -2.20. The molecule has 2 heteroatoms. The van der Waals surface area contributed by atoms with Crippen molar-refractivity contribution in [3.05, 3.63) is 0 Å². The lowest BCUT2D eigenvalue weighted by Crippen LogP contribution is -2.31. The van der Waals surface area contributed by atoms with Gasteiger partial charge >= 0.3 is 0 Å². The van der Waals surface area contributed by atoms with Crippen LogP contribution in [0.4, 0.5) is 0 Å². The van der Waals surface area contributed by atoms with Crippen LogP contribution in [0.25, 0.3) is 0 Å². The van der Waals surface area contributed by atoms with Gasteiger partial charge in [0.2, 0.25) is 0 Å². The third kappa shape index (κ3) is 1.58. The van der Waals surface area contributed by atoms with E-state index in [2.05, 4.69) is 41.5 Å². The van der Waals surface area contributed by atoms with Crippen LogP contribution in [-0.4, -0.2) is 28.5 Å². The van der Waals surface area contributed by atoms with Crippen LogP contribution in [-0.2, 0) is 0 Å². The number of alkyl halides is 1. The Kier molecular flexibility index (Phi) is 2.76. The molecular weight excluding hydrogens is 225 g/mol. The fourth-order valence-electron chi connectivity index (χ4n) is 1.39. The average Bonchev–Trinajstić information content (AvgIpc) is 2.15. The lowest BCUT2D eigenvalue weighted by atomic mass is 10.2. The van der Waals surface area contributed by atoms with Gasteiger partial charge in [-0.25, -0.2) is 0 Å². The fourth-order valence-corrected chi connectivity index (χ4v) is 2.45. The predicted octanol–water partition coefficient (Wildman–Crippen LogP) is 1.90. The van der Waals surface area contributed by atoms with Crippen molar-refractivity contribution in [1.82, 2.24) is 4.90 Å². The molecule has 1 saturated heterocycles. The standard InChI is InChI=1S/C7H14IN/c1-6-3-4-7(5-8)9(6)2/h6-7H,3-5H2,1-2H3/t6?,7-/m1/s1. The van der Waals surface area contributed by atoms with E-state index in [0.29, 0.717) is 0 Å². The van der Waals surface area contributed by atoms with Crippen molar-refractivity contribution in [3.63, 3.8) is 0 Å². The van der Waals surface area contributed by atoms with Crippen LogP contribution >= 0.6 is 22.6 Å². The highest BCUT2D eigenvalue weighted by molar-refractivity contribution is 14.1. The lowest BCUT2D eigenvalue weighted by molar-refractivity contribution is 0.273. The van der Waals surface area contributed by atoms with Gasteiger partial charge in [-0.05, 0) is 26.8 Å². The quantitative estimate of drug-likeness (QED) is 0.499. The summed E-state index contributed by atoms with van der Waals surface area (Å²) in [4.78, 5) is 2.49. The molecule has 0 amide bonds. The molecular formula is C7H14IN. The highest BCUT2D eigenvalue weighted by Crippen LogP contribution is 2.22. The summed E-state index contributed by atoms with van der Waals surface area (Å²) >= 11 is 2.47. The van der Waals surface area contributed by atoms with Crippen molar-refractivity contribution >= 4 is 22.6 Å². The van der Waals surface area contributed by atoms with Gasteiger partial charge in [0.25, 0.3) is 0 Å². The number of halogens is 1. The summed E-state index contributed by atoms with van der Waals surface area (Å²) in [7, 11) is 2.24. The zero-order valence-electron chi connectivity index (χ0n) is 6.10. The number of hydrogen-bond donors (Lipinski definition) is 0. The molecule has 0 aromatic rings. The second-order valence-corrected chi connectivity index (χ2v) is 3.78. The molecule has 1 nitrogen and oxygen atoms in total. The third-order valence-corrected chi connectivity index (χ3v) is 3.38. The largest absolute Gasteiger partial charge is 0.300 e. The molecule has 0 aromatic heterocycles. The van der Waals surface area contributed by atoms with Gasteiger partial charge in [0.05, 0.1) is 0 Å². The van der Waals surface area contributed by atoms with Gasteiger partial charge in [0, 0.05) is 16.5 Å².